The van der Waals surface area contributed by atoms with Crippen LogP contribution in [-0.4, -0.2) is 32.8 Å². The van der Waals surface area contributed by atoms with Crippen molar-refractivity contribution in [3.05, 3.63) is 30.7 Å². The van der Waals surface area contributed by atoms with Crippen LogP contribution in [0.5, 0.6) is 5.75 Å². The summed E-state index contributed by atoms with van der Waals surface area (Å²) in [5.74, 6) is 4.68. The van der Waals surface area contributed by atoms with Crippen molar-refractivity contribution in [2.45, 2.75) is 4.90 Å². The second-order valence-corrected chi connectivity index (χ2v) is 5.25. The first-order valence-corrected chi connectivity index (χ1v) is 7.21. The van der Waals surface area contributed by atoms with Gasteiger partial charge >= 0.3 is 0 Å². The molecule has 5 nitrogen and oxygen atoms in total. The van der Waals surface area contributed by atoms with E-state index < -0.39 is 0 Å². The van der Waals surface area contributed by atoms with Crippen LogP contribution in [0.2, 0.25) is 0 Å². The summed E-state index contributed by atoms with van der Waals surface area (Å²) in [5, 5.41) is 0. The van der Waals surface area contributed by atoms with Crippen molar-refractivity contribution in [3.63, 3.8) is 0 Å². The number of terminal acetylenes is 1. The Hall–Kier alpha value is -2.52. The van der Waals surface area contributed by atoms with Crippen molar-refractivity contribution < 1.29 is 4.74 Å². The number of benzene rings is 1. The predicted octanol–water partition coefficient (Wildman–Crippen LogP) is 2.75. The number of methoxy groups -OCH3 is 1. The van der Waals surface area contributed by atoms with E-state index in [4.69, 9.17) is 11.2 Å². The Morgan fingerprint density at radius 1 is 1.43 bits per heavy atom. The number of ether oxygens (including phenoxy) is 1. The van der Waals surface area contributed by atoms with E-state index in [-0.39, 0.29) is 0 Å². The maximum Gasteiger partial charge on any atom is 0.161 e. The minimum absolute atomic E-state index is 0.622. The monoisotopic (exact) mass is 296 g/mol. The number of H-pyrrole nitrogens is 1. The molecule has 0 bridgehead atoms. The molecule has 0 saturated heterocycles. The molecule has 0 unspecified atom stereocenters. The molecule has 3 aromatic rings. The van der Waals surface area contributed by atoms with Gasteiger partial charge in [-0.15, -0.1) is 18.2 Å². The third-order valence-electron chi connectivity index (χ3n) is 2.91. The van der Waals surface area contributed by atoms with Gasteiger partial charge in [-0.25, -0.2) is 15.0 Å². The SMILES string of the molecule is C#CCSc1ccc(OC)c(-c2nc3cncnc3[nH]2)c1. The van der Waals surface area contributed by atoms with E-state index in [2.05, 4.69) is 25.9 Å². The van der Waals surface area contributed by atoms with Crippen molar-refractivity contribution in [1.29, 1.82) is 0 Å². The van der Waals surface area contributed by atoms with Crippen LogP contribution in [0.3, 0.4) is 0 Å². The number of aromatic amines is 1. The van der Waals surface area contributed by atoms with Gasteiger partial charge in [-0.1, -0.05) is 5.92 Å². The van der Waals surface area contributed by atoms with Gasteiger partial charge in [0.15, 0.2) is 5.65 Å². The Morgan fingerprint density at radius 3 is 3.10 bits per heavy atom. The molecule has 6 heteroatoms. The van der Waals surface area contributed by atoms with Crippen molar-refractivity contribution >= 4 is 22.9 Å². The molecule has 0 saturated carbocycles. The number of rotatable bonds is 4. The number of hydrogen-bond acceptors (Lipinski definition) is 5. The first-order chi connectivity index (χ1) is 10.3. The number of thioether (sulfide) groups is 1. The normalized spacial score (nSPS) is 10.5. The number of aromatic nitrogens is 4. The van der Waals surface area contributed by atoms with Crippen LogP contribution < -0.4 is 4.74 Å². The molecule has 0 spiro atoms. The Balaban J connectivity index is 2.08. The summed E-state index contributed by atoms with van der Waals surface area (Å²) in [7, 11) is 1.63. The smallest absolute Gasteiger partial charge is 0.161 e. The summed E-state index contributed by atoms with van der Waals surface area (Å²) in [6.07, 6.45) is 8.46. The highest BCUT2D eigenvalue weighted by atomic mass is 32.2. The van der Waals surface area contributed by atoms with Crippen LogP contribution in [0.4, 0.5) is 0 Å². The molecule has 0 atom stereocenters. The predicted molar refractivity (Wildman–Crippen MR) is 83.2 cm³/mol. The average Bonchev–Trinajstić information content (AvgIpc) is 2.96. The van der Waals surface area contributed by atoms with Gasteiger partial charge in [0.1, 0.15) is 23.4 Å². The number of hydrogen-bond donors (Lipinski definition) is 1. The van der Waals surface area contributed by atoms with Crippen LogP contribution in [0, 0.1) is 12.3 Å². The van der Waals surface area contributed by atoms with E-state index in [1.807, 2.05) is 18.2 Å². The second kappa shape index (κ2) is 5.85. The second-order valence-electron chi connectivity index (χ2n) is 4.20. The van der Waals surface area contributed by atoms with Crippen molar-refractivity contribution in [1.82, 2.24) is 19.9 Å². The lowest BCUT2D eigenvalue weighted by atomic mass is 10.2. The Kier molecular flexibility index (Phi) is 3.75. The lowest BCUT2D eigenvalue weighted by Crippen LogP contribution is -1.90. The third kappa shape index (κ3) is 2.69. The summed E-state index contributed by atoms with van der Waals surface area (Å²) < 4.78 is 5.41. The molecule has 0 aliphatic carbocycles. The summed E-state index contributed by atoms with van der Waals surface area (Å²) in [4.78, 5) is 16.9. The molecule has 2 aromatic heterocycles. The molecule has 0 aliphatic rings. The fraction of sp³-hybridized carbons (Fsp3) is 0.133. The maximum absolute atomic E-state index is 5.41. The van der Waals surface area contributed by atoms with Crippen LogP contribution in [-0.2, 0) is 0 Å². The van der Waals surface area contributed by atoms with Gasteiger partial charge in [-0.05, 0) is 18.2 Å². The molecule has 3 rings (SSSR count). The fourth-order valence-corrected chi connectivity index (χ4v) is 2.59. The molecule has 1 aromatic carbocycles. The molecule has 1 N–H and O–H groups in total. The van der Waals surface area contributed by atoms with Crippen molar-refractivity contribution in [3.8, 4) is 29.5 Å². The Bertz CT molecular complexity index is 789. The zero-order valence-electron chi connectivity index (χ0n) is 11.3. The molecular formula is C15H12N4OS. The lowest BCUT2D eigenvalue weighted by molar-refractivity contribution is 0.416. The maximum atomic E-state index is 5.41. The highest BCUT2D eigenvalue weighted by Gasteiger charge is 2.12. The Labute approximate surface area is 126 Å². The summed E-state index contributed by atoms with van der Waals surface area (Å²) in [6, 6.07) is 5.89. The van der Waals surface area contributed by atoms with Gasteiger partial charge in [-0.2, -0.15) is 0 Å². The zero-order chi connectivity index (χ0) is 14.7. The van der Waals surface area contributed by atoms with Crippen LogP contribution in [0.15, 0.2) is 35.6 Å². The van der Waals surface area contributed by atoms with Gasteiger partial charge in [0.25, 0.3) is 0 Å². The quantitative estimate of drug-likeness (QED) is 0.592. The fourth-order valence-electron chi connectivity index (χ4n) is 1.98. The summed E-state index contributed by atoms with van der Waals surface area (Å²) in [6.45, 7) is 0. The minimum atomic E-state index is 0.622. The van der Waals surface area contributed by atoms with Crippen LogP contribution in [0.25, 0.3) is 22.6 Å². The third-order valence-corrected chi connectivity index (χ3v) is 3.81. The van der Waals surface area contributed by atoms with Gasteiger partial charge in [0, 0.05) is 4.90 Å². The Morgan fingerprint density at radius 2 is 2.33 bits per heavy atom. The molecule has 0 amide bonds. The average molecular weight is 296 g/mol. The number of nitrogens with zero attached hydrogens (tertiary/aromatic N) is 3. The molecular weight excluding hydrogens is 284 g/mol. The first-order valence-electron chi connectivity index (χ1n) is 6.22. The highest BCUT2D eigenvalue weighted by Crippen LogP contribution is 2.33. The van der Waals surface area contributed by atoms with Crippen LogP contribution in [0.1, 0.15) is 0 Å². The zero-order valence-corrected chi connectivity index (χ0v) is 12.1. The van der Waals surface area contributed by atoms with E-state index in [0.717, 1.165) is 21.7 Å². The summed E-state index contributed by atoms with van der Waals surface area (Å²) in [5.41, 5.74) is 2.29. The number of imidazole rings is 1. The standard InChI is InChI=1S/C15H12N4OS/c1-3-6-21-10-4-5-13(20-2)11(7-10)14-18-12-8-16-9-17-15(12)19-14/h1,4-5,7-9H,6H2,2H3,(H,16,17,18,19). The van der Waals surface area contributed by atoms with E-state index in [1.165, 1.54) is 6.33 Å². The van der Waals surface area contributed by atoms with E-state index >= 15 is 0 Å². The minimum Gasteiger partial charge on any atom is -0.496 e. The van der Waals surface area contributed by atoms with Gasteiger partial charge in [0.2, 0.25) is 0 Å². The number of fused-ring (bicyclic) bond motifs is 1. The van der Waals surface area contributed by atoms with Gasteiger partial charge in [-0.3, -0.25) is 0 Å². The van der Waals surface area contributed by atoms with E-state index in [9.17, 15) is 0 Å². The molecule has 0 radical (unpaired) electrons. The molecule has 21 heavy (non-hydrogen) atoms. The topological polar surface area (TPSA) is 63.7 Å². The van der Waals surface area contributed by atoms with Gasteiger partial charge < -0.3 is 9.72 Å². The van der Waals surface area contributed by atoms with Crippen LogP contribution >= 0.6 is 11.8 Å². The molecule has 104 valence electrons. The molecule has 0 aliphatic heterocycles. The van der Waals surface area contributed by atoms with Crippen molar-refractivity contribution in [2.75, 3.05) is 12.9 Å². The molecule has 0 fully saturated rings. The largest absolute Gasteiger partial charge is 0.496 e. The lowest BCUT2D eigenvalue weighted by Gasteiger charge is -2.08. The van der Waals surface area contributed by atoms with Gasteiger partial charge in [0.05, 0.1) is 24.6 Å². The highest BCUT2D eigenvalue weighted by molar-refractivity contribution is 7.99. The summed E-state index contributed by atoms with van der Waals surface area (Å²) >= 11 is 1.59. The molecule has 2 heterocycles. The van der Waals surface area contributed by atoms with E-state index in [1.54, 1.807) is 25.1 Å². The number of nitrogens with one attached hydrogen (secondary N) is 1. The van der Waals surface area contributed by atoms with E-state index in [0.29, 0.717) is 17.2 Å². The first kappa shape index (κ1) is 13.5. The van der Waals surface area contributed by atoms with Crippen molar-refractivity contribution in [2.24, 2.45) is 0 Å².